The highest BCUT2D eigenvalue weighted by Gasteiger charge is 2.17. The second-order valence-electron chi connectivity index (χ2n) is 3.44. The third-order valence-corrected chi connectivity index (χ3v) is 4.21. The molecule has 1 atom stereocenters. The minimum absolute atomic E-state index is 0.0609. The molecule has 1 unspecified atom stereocenters. The molecule has 0 spiro atoms. The van der Waals surface area contributed by atoms with Crippen molar-refractivity contribution in [2.45, 2.75) is 13.0 Å². The smallest absolute Gasteiger partial charge is 0.0984 e. The standard InChI is InChI=1S/C11H12BrN3S/c1-7-3-2-4-9(14-7)10(15-13)11-8(12)5-6-16-11/h2-6,10,15H,13H2,1H3. The number of hydrazine groups is 1. The molecule has 84 valence electrons. The Balaban J connectivity index is 2.40. The number of thiophene rings is 1. The number of rotatable bonds is 3. The molecule has 3 nitrogen and oxygen atoms in total. The fourth-order valence-electron chi connectivity index (χ4n) is 1.53. The van der Waals surface area contributed by atoms with Crippen molar-refractivity contribution < 1.29 is 0 Å². The van der Waals surface area contributed by atoms with Crippen LogP contribution in [0, 0.1) is 6.92 Å². The molecule has 5 heteroatoms. The van der Waals surface area contributed by atoms with Gasteiger partial charge in [-0.15, -0.1) is 11.3 Å². The number of nitrogens with zero attached hydrogens (tertiary/aromatic N) is 1. The molecule has 16 heavy (non-hydrogen) atoms. The van der Waals surface area contributed by atoms with Gasteiger partial charge in [-0.25, -0.2) is 5.43 Å². The molecule has 2 aromatic heterocycles. The quantitative estimate of drug-likeness (QED) is 0.677. The van der Waals surface area contributed by atoms with Crippen molar-refractivity contribution in [3.63, 3.8) is 0 Å². The molecule has 0 radical (unpaired) electrons. The highest BCUT2D eigenvalue weighted by Crippen LogP contribution is 2.31. The molecule has 0 saturated heterocycles. The monoisotopic (exact) mass is 297 g/mol. The zero-order chi connectivity index (χ0) is 11.5. The number of hydrogen-bond acceptors (Lipinski definition) is 4. The number of nitrogens with two attached hydrogens (primary N) is 1. The molecule has 2 rings (SSSR count). The fourth-order valence-corrected chi connectivity index (χ4v) is 3.20. The summed E-state index contributed by atoms with van der Waals surface area (Å²) in [5, 5.41) is 2.03. The van der Waals surface area contributed by atoms with Crippen molar-refractivity contribution in [2.24, 2.45) is 5.84 Å². The minimum Gasteiger partial charge on any atom is -0.270 e. The summed E-state index contributed by atoms with van der Waals surface area (Å²) < 4.78 is 1.06. The van der Waals surface area contributed by atoms with Crippen molar-refractivity contribution in [1.29, 1.82) is 0 Å². The first-order valence-corrected chi connectivity index (χ1v) is 6.52. The highest BCUT2D eigenvalue weighted by atomic mass is 79.9. The average Bonchev–Trinajstić information content (AvgIpc) is 2.67. The molecule has 0 aliphatic rings. The van der Waals surface area contributed by atoms with Crippen LogP contribution in [-0.2, 0) is 0 Å². The second-order valence-corrected chi connectivity index (χ2v) is 5.24. The number of nitrogens with one attached hydrogen (secondary N) is 1. The van der Waals surface area contributed by atoms with Gasteiger partial charge in [0.2, 0.25) is 0 Å². The number of halogens is 1. The molecule has 2 heterocycles. The van der Waals surface area contributed by atoms with E-state index in [4.69, 9.17) is 5.84 Å². The zero-order valence-electron chi connectivity index (χ0n) is 8.77. The van der Waals surface area contributed by atoms with Crippen molar-refractivity contribution >= 4 is 27.3 Å². The van der Waals surface area contributed by atoms with Crippen LogP contribution in [0.5, 0.6) is 0 Å². The first kappa shape index (κ1) is 11.7. The zero-order valence-corrected chi connectivity index (χ0v) is 11.2. The summed E-state index contributed by atoms with van der Waals surface area (Å²) in [5.41, 5.74) is 4.73. The second kappa shape index (κ2) is 5.05. The topological polar surface area (TPSA) is 50.9 Å². The lowest BCUT2D eigenvalue weighted by Gasteiger charge is -2.14. The van der Waals surface area contributed by atoms with E-state index in [1.807, 2.05) is 36.6 Å². The molecule has 3 N–H and O–H groups in total. The number of pyridine rings is 1. The molecule has 0 aliphatic heterocycles. The Morgan fingerprint density at radius 2 is 2.25 bits per heavy atom. The lowest BCUT2D eigenvalue weighted by atomic mass is 10.1. The Hall–Kier alpha value is -0.750. The summed E-state index contributed by atoms with van der Waals surface area (Å²) in [5.74, 6) is 5.61. The summed E-state index contributed by atoms with van der Waals surface area (Å²) in [4.78, 5) is 5.62. The Morgan fingerprint density at radius 1 is 1.44 bits per heavy atom. The third kappa shape index (κ3) is 2.32. The van der Waals surface area contributed by atoms with Gasteiger partial charge in [-0.2, -0.15) is 0 Å². The average molecular weight is 298 g/mol. The normalized spacial score (nSPS) is 12.7. The van der Waals surface area contributed by atoms with Crippen LogP contribution in [0.4, 0.5) is 0 Å². The van der Waals surface area contributed by atoms with Crippen LogP contribution in [0.1, 0.15) is 22.3 Å². The molecule has 2 aromatic rings. The lowest BCUT2D eigenvalue weighted by Crippen LogP contribution is -2.29. The molecular weight excluding hydrogens is 286 g/mol. The van der Waals surface area contributed by atoms with E-state index in [1.54, 1.807) is 11.3 Å². The molecule has 0 saturated carbocycles. The first-order chi connectivity index (χ1) is 7.72. The van der Waals surface area contributed by atoms with Crippen molar-refractivity contribution in [3.8, 4) is 0 Å². The number of hydrogen-bond donors (Lipinski definition) is 2. The molecule has 0 aliphatic carbocycles. The van der Waals surface area contributed by atoms with Crippen LogP contribution in [-0.4, -0.2) is 4.98 Å². The Morgan fingerprint density at radius 3 is 2.81 bits per heavy atom. The molecular formula is C11H12BrN3S. The van der Waals surface area contributed by atoms with Crippen LogP contribution in [0.2, 0.25) is 0 Å². The maximum atomic E-state index is 5.61. The van der Waals surface area contributed by atoms with Gasteiger partial charge in [0, 0.05) is 15.0 Å². The number of aryl methyl sites for hydroxylation is 1. The fraction of sp³-hybridized carbons (Fsp3) is 0.182. The van der Waals surface area contributed by atoms with Gasteiger partial charge in [0.05, 0.1) is 11.7 Å². The van der Waals surface area contributed by atoms with Gasteiger partial charge in [0.1, 0.15) is 0 Å². The maximum absolute atomic E-state index is 5.61. The summed E-state index contributed by atoms with van der Waals surface area (Å²) in [6.45, 7) is 1.97. The van der Waals surface area contributed by atoms with Gasteiger partial charge in [-0.1, -0.05) is 6.07 Å². The predicted molar refractivity (Wildman–Crippen MR) is 70.2 cm³/mol. The van der Waals surface area contributed by atoms with Crippen LogP contribution >= 0.6 is 27.3 Å². The van der Waals surface area contributed by atoms with Gasteiger partial charge >= 0.3 is 0 Å². The van der Waals surface area contributed by atoms with E-state index in [9.17, 15) is 0 Å². The van der Waals surface area contributed by atoms with Gasteiger partial charge in [-0.05, 0) is 46.4 Å². The number of aromatic nitrogens is 1. The highest BCUT2D eigenvalue weighted by molar-refractivity contribution is 9.10. The molecule has 0 bridgehead atoms. The Kier molecular flexibility index (Phi) is 3.70. The largest absolute Gasteiger partial charge is 0.270 e. The molecule has 0 fully saturated rings. The van der Waals surface area contributed by atoms with E-state index in [-0.39, 0.29) is 6.04 Å². The summed E-state index contributed by atoms with van der Waals surface area (Å²) in [6.07, 6.45) is 0. The Labute approximate surface area is 107 Å². The van der Waals surface area contributed by atoms with Crippen molar-refractivity contribution in [3.05, 3.63) is 50.4 Å². The molecule has 0 aromatic carbocycles. The third-order valence-electron chi connectivity index (χ3n) is 2.28. The van der Waals surface area contributed by atoms with Crippen LogP contribution in [0.15, 0.2) is 34.1 Å². The van der Waals surface area contributed by atoms with E-state index in [0.29, 0.717) is 0 Å². The molecule has 0 amide bonds. The van der Waals surface area contributed by atoms with E-state index < -0.39 is 0 Å². The van der Waals surface area contributed by atoms with Gasteiger partial charge in [0.25, 0.3) is 0 Å². The van der Waals surface area contributed by atoms with E-state index in [2.05, 4.69) is 26.3 Å². The lowest BCUT2D eigenvalue weighted by molar-refractivity contribution is 0.626. The Bertz CT molecular complexity index is 484. The van der Waals surface area contributed by atoms with Crippen LogP contribution in [0.25, 0.3) is 0 Å². The van der Waals surface area contributed by atoms with E-state index in [1.165, 1.54) is 0 Å². The predicted octanol–water partition coefficient (Wildman–Crippen LogP) is 2.77. The van der Waals surface area contributed by atoms with Crippen LogP contribution < -0.4 is 11.3 Å². The SMILES string of the molecule is Cc1cccc(C(NN)c2sccc2Br)n1. The summed E-state index contributed by atoms with van der Waals surface area (Å²) in [6, 6.07) is 7.89. The van der Waals surface area contributed by atoms with Gasteiger partial charge < -0.3 is 0 Å². The van der Waals surface area contributed by atoms with E-state index >= 15 is 0 Å². The summed E-state index contributed by atoms with van der Waals surface area (Å²) >= 11 is 5.16. The van der Waals surface area contributed by atoms with E-state index in [0.717, 1.165) is 20.7 Å². The van der Waals surface area contributed by atoms with Crippen LogP contribution in [0.3, 0.4) is 0 Å². The van der Waals surface area contributed by atoms with Gasteiger partial charge in [-0.3, -0.25) is 10.8 Å². The maximum Gasteiger partial charge on any atom is 0.0984 e. The van der Waals surface area contributed by atoms with Crippen molar-refractivity contribution in [1.82, 2.24) is 10.4 Å². The van der Waals surface area contributed by atoms with Gasteiger partial charge in [0.15, 0.2) is 0 Å². The summed E-state index contributed by atoms with van der Waals surface area (Å²) in [7, 11) is 0. The van der Waals surface area contributed by atoms with Crippen molar-refractivity contribution in [2.75, 3.05) is 0 Å². The minimum atomic E-state index is -0.0609. The first-order valence-electron chi connectivity index (χ1n) is 4.85.